The van der Waals surface area contributed by atoms with E-state index in [9.17, 15) is 0 Å². The Morgan fingerprint density at radius 3 is 1.50 bits per heavy atom. The maximum absolute atomic E-state index is 3.28. The molecule has 0 aliphatic rings. The van der Waals surface area contributed by atoms with E-state index >= 15 is 0 Å². The van der Waals surface area contributed by atoms with E-state index in [-0.39, 0.29) is 0 Å². The standard InChI is InChI=1S/C21H39N/c1-3-5-6-7-8-9-10-11-12-13-14-15-17-21-19-22-18-20(21)16-4-2/h18-19,22H,3-17H2,1-2H3. The molecule has 1 heterocycles. The molecule has 0 spiro atoms. The second kappa shape index (κ2) is 13.9. The Morgan fingerprint density at radius 1 is 0.545 bits per heavy atom. The molecule has 1 aromatic rings. The van der Waals surface area contributed by atoms with Gasteiger partial charge in [0.15, 0.2) is 0 Å². The molecule has 0 atom stereocenters. The molecule has 0 bridgehead atoms. The number of nitrogens with one attached hydrogen (secondary N) is 1. The maximum Gasteiger partial charge on any atom is 0.00401 e. The van der Waals surface area contributed by atoms with E-state index in [4.69, 9.17) is 0 Å². The lowest BCUT2D eigenvalue weighted by molar-refractivity contribution is 0.544. The van der Waals surface area contributed by atoms with Crippen molar-refractivity contribution in [2.24, 2.45) is 0 Å². The van der Waals surface area contributed by atoms with Gasteiger partial charge in [-0.25, -0.2) is 0 Å². The minimum atomic E-state index is 1.23. The van der Waals surface area contributed by atoms with Gasteiger partial charge < -0.3 is 4.98 Å². The fourth-order valence-corrected chi connectivity index (χ4v) is 3.32. The molecule has 128 valence electrons. The molecule has 1 aromatic heterocycles. The summed E-state index contributed by atoms with van der Waals surface area (Å²) in [6, 6.07) is 0. The molecule has 0 aromatic carbocycles. The van der Waals surface area contributed by atoms with Gasteiger partial charge in [0.05, 0.1) is 0 Å². The van der Waals surface area contributed by atoms with E-state index in [0.29, 0.717) is 0 Å². The van der Waals surface area contributed by atoms with Gasteiger partial charge in [0.2, 0.25) is 0 Å². The third-order valence-electron chi connectivity index (χ3n) is 4.75. The van der Waals surface area contributed by atoms with Gasteiger partial charge in [0, 0.05) is 12.4 Å². The summed E-state index contributed by atoms with van der Waals surface area (Å²) in [5.74, 6) is 0. The van der Waals surface area contributed by atoms with E-state index in [0.717, 1.165) is 0 Å². The number of hydrogen-bond donors (Lipinski definition) is 1. The van der Waals surface area contributed by atoms with Crippen LogP contribution in [0.1, 0.15) is 108 Å². The van der Waals surface area contributed by atoms with Crippen molar-refractivity contribution < 1.29 is 0 Å². The molecule has 0 amide bonds. The summed E-state index contributed by atoms with van der Waals surface area (Å²) in [4.78, 5) is 3.28. The van der Waals surface area contributed by atoms with E-state index in [1.165, 1.54) is 96.3 Å². The molecule has 0 fully saturated rings. The normalized spacial score (nSPS) is 11.2. The molecule has 0 aliphatic heterocycles. The topological polar surface area (TPSA) is 15.8 Å². The van der Waals surface area contributed by atoms with Crippen molar-refractivity contribution in [2.45, 2.75) is 110 Å². The summed E-state index contributed by atoms with van der Waals surface area (Å²) in [6.45, 7) is 4.56. The van der Waals surface area contributed by atoms with E-state index in [1.54, 1.807) is 11.1 Å². The molecule has 1 N–H and O–H groups in total. The molecule has 22 heavy (non-hydrogen) atoms. The number of aryl methyl sites for hydroxylation is 2. The van der Waals surface area contributed by atoms with Gasteiger partial charge in [-0.05, 0) is 30.4 Å². The summed E-state index contributed by atoms with van der Waals surface area (Å²) in [5, 5.41) is 0. The van der Waals surface area contributed by atoms with Crippen LogP contribution in [-0.4, -0.2) is 4.98 Å². The molecule has 0 saturated carbocycles. The quantitative estimate of drug-likeness (QED) is 0.329. The Balaban J connectivity index is 1.86. The zero-order valence-corrected chi connectivity index (χ0v) is 15.3. The van der Waals surface area contributed by atoms with Crippen LogP contribution in [-0.2, 0) is 12.8 Å². The SMILES string of the molecule is CCCCCCCCCCCCCCc1c[nH]cc1CCC. The van der Waals surface area contributed by atoms with Crippen LogP contribution in [0.3, 0.4) is 0 Å². The van der Waals surface area contributed by atoms with E-state index in [1.807, 2.05) is 0 Å². The van der Waals surface area contributed by atoms with Gasteiger partial charge in [0.25, 0.3) is 0 Å². The first-order valence-corrected chi connectivity index (χ1v) is 10.0. The summed E-state index contributed by atoms with van der Waals surface area (Å²) in [6.07, 6.45) is 25.4. The van der Waals surface area contributed by atoms with Crippen molar-refractivity contribution in [3.63, 3.8) is 0 Å². The third-order valence-corrected chi connectivity index (χ3v) is 4.75. The Hall–Kier alpha value is -0.720. The Labute approximate surface area is 139 Å². The number of aromatic nitrogens is 1. The predicted molar refractivity (Wildman–Crippen MR) is 99.6 cm³/mol. The van der Waals surface area contributed by atoms with Crippen LogP contribution in [0.15, 0.2) is 12.4 Å². The maximum atomic E-state index is 3.28. The molecule has 1 rings (SSSR count). The Kier molecular flexibility index (Phi) is 12.2. The number of aromatic amines is 1. The predicted octanol–water partition coefficient (Wildman–Crippen LogP) is 7.21. The third kappa shape index (κ3) is 9.33. The smallest absolute Gasteiger partial charge is 0.00401 e. The van der Waals surface area contributed by atoms with Crippen LogP contribution < -0.4 is 0 Å². The summed E-state index contributed by atoms with van der Waals surface area (Å²) in [5.41, 5.74) is 3.11. The number of hydrogen-bond acceptors (Lipinski definition) is 0. The van der Waals surface area contributed by atoms with Crippen LogP contribution in [0.5, 0.6) is 0 Å². The van der Waals surface area contributed by atoms with Gasteiger partial charge in [-0.15, -0.1) is 0 Å². The van der Waals surface area contributed by atoms with Crippen molar-refractivity contribution in [1.82, 2.24) is 4.98 Å². The average Bonchev–Trinajstić information content (AvgIpc) is 2.96. The van der Waals surface area contributed by atoms with E-state index in [2.05, 4.69) is 31.2 Å². The van der Waals surface area contributed by atoms with Crippen molar-refractivity contribution in [3.8, 4) is 0 Å². The van der Waals surface area contributed by atoms with Crippen LogP contribution in [0.4, 0.5) is 0 Å². The largest absolute Gasteiger partial charge is 0.367 e. The molecule has 0 unspecified atom stereocenters. The fourth-order valence-electron chi connectivity index (χ4n) is 3.32. The van der Waals surface area contributed by atoms with E-state index < -0.39 is 0 Å². The first kappa shape index (κ1) is 19.3. The molecule has 0 aliphatic carbocycles. The summed E-state index contributed by atoms with van der Waals surface area (Å²) in [7, 11) is 0. The lowest BCUT2D eigenvalue weighted by Crippen LogP contribution is -1.90. The van der Waals surface area contributed by atoms with Gasteiger partial charge in [-0.2, -0.15) is 0 Å². The molecule has 1 heteroatoms. The highest BCUT2D eigenvalue weighted by Gasteiger charge is 2.02. The zero-order valence-electron chi connectivity index (χ0n) is 15.3. The van der Waals surface area contributed by atoms with Crippen LogP contribution >= 0.6 is 0 Å². The van der Waals surface area contributed by atoms with Crippen molar-refractivity contribution in [3.05, 3.63) is 23.5 Å². The first-order valence-electron chi connectivity index (χ1n) is 10.0. The van der Waals surface area contributed by atoms with Crippen molar-refractivity contribution >= 4 is 0 Å². The van der Waals surface area contributed by atoms with Crippen LogP contribution in [0.2, 0.25) is 0 Å². The second-order valence-electron chi connectivity index (χ2n) is 6.89. The fraction of sp³-hybridized carbons (Fsp3) is 0.810. The highest BCUT2D eigenvalue weighted by Crippen LogP contribution is 2.16. The molecular weight excluding hydrogens is 266 g/mol. The van der Waals surface area contributed by atoms with Crippen molar-refractivity contribution in [1.29, 1.82) is 0 Å². The Bertz CT molecular complexity index is 339. The van der Waals surface area contributed by atoms with Gasteiger partial charge in [0.1, 0.15) is 0 Å². The first-order chi connectivity index (χ1) is 10.9. The van der Waals surface area contributed by atoms with Crippen LogP contribution in [0, 0.1) is 0 Å². The molecule has 0 saturated heterocycles. The summed E-state index contributed by atoms with van der Waals surface area (Å²) < 4.78 is 0. The minimum Gasteiger partial charge on any atom is -0.367 e. The monoisotopic (exact) mass is 305 g/mol. The lowest BCUT2D eigenvalue weighted by Gasteiger charge is -2.04. The van der Waals surface area contributed by atoms with Gasteiger partial charge in [-0.3, -0.25) is 0 Å². The number of rotatable bonds is 15. The summed E-state index contributed by atoms with van der Waals surface area (Å²) >= 11 is 0. The molecular formula is C21H39N. The molecule has 0 radical (unpaired) electrons. The number of unbranched alkanes of at least 4 members (excludes halogenated alkanes) is 11. The van der Waals surface area contributed by atoms with Gasteiger partial charge in [-0.1, -0.05) is 90.9 Å². The van der Waals surface area contributed by atoms with Crippen molar-refractivity contribution in [2.75, 3.05) is 0 Å². The minimum absolute atomic E-state index is 1.23. The molecule has 1 nitrogen and oxygen atoms in total. The number of H-pyrrole nitrogens is 1. The average molecular weight is 306 g/mol. The second-order valence-corrected chi connectivity index (χ2v) is 6.89. The van der Waals surface area contributed by atoms with Crippen LogP contribution in [0.25, 0.3) is 0 Å². The zero-order chi connectivity index (χ0) is 15.9. The Morgan fingerprint density at radius 2 is 1.00 bits per heavy atom. The highest BCUT2D eigenvalue weighted by molar-refractivity contribution is 5.23. The lowest BCUT2D eigenvalue weighted by atomic mass is 10.0. The van der Waals surface area contributed by atoms with Gasteiger partial charge >= 0.3 is 0 Å². The highest BCUT2D eigenvalue weighted by atomic mass is 14.6.